The number of benzene rings is 1. The molecule has 0 radical (unpaired) electrons. The van der Waals surface area contributed by atoms with Crippen LogP contribution >= 0.6 is 12.4 Å². The van der Waals surface area contributed by atoms with Gasteiger partial charge in [-0.15, -0.1) is 12.4 Å². The number of hydrogen-bond acceptors (Lipinski definition) is 5. The maximum Gasteiger partial charge on any atom is 0.322 e. The lowest BCUT2D eigenvalue weighted by Crippen LogP contribution is -2.54. The van der Waals surface area contributed by atoms with E-state index in [1.807, 2.05) is 44.2 Å². The molecule has 0 fully saturated rings. The van der Waals surface area contributed by atoms with Crippen LogP contribution in [0.15, 0.2) is 30.3 Å². The summed E-state index contributed by atoms with van der Waals surface area (Å²) in [5.74, 6) is -2.48. The summed E-state index contributed by atoms with van der Waals surface area (Å²) >= 11 is 0. The Bertz CT molecular complexity index is 612. The van der Waals surface area contributed by atoms with E-state index in [4.69, 9.17) is 10.8 Å². The second-order valence-corrected chi connectivity index (χ2v) is 6.60. The van der Waals surface area contributed by atoms with E-state index in [0.717, 1.165) is 5.56 Å². The van der Waals surface area contributed by atoms with Gasteiger partial charge in [0.25, 0.3) is 5.91 Å². The van der Waals surface area contributed by atoms with Gasteiger partial charge in [0, 0.05) is 6.04 Å². The lowest BCUT2D eigenvalue weighted by molar-refractivity contribution is -0.139. The zero-order valence-corrected chi connectivity index (χ0v) is 16.2. The number of carboxylic acids is 1. The van der Waals surface area contributed by atoms with E-state index in [9.17, 15) is 19.5 Å². The van der Waals surface area contributed by atoms with Gasteiger partial charge in [0.1, 0.15) is 18.7 Å². The Hall–Kier alpha value is -2.16. The summed E-state index contributed by atoms with van der Waals surface area (Å²) in [6.45, 7) is 3.18. The van der Waals surface area contributed by atoms with Gasteiger partial charge in [-0.3, -0.25) is 14.4 Å². The fraction of sp³-hybridized carbons (Fsp3) is 0.500. The van der Waals surface area contributed by atoms with Gasteiger partial charge >= 0.3 is 5.97 Å². The van der Waals surface area contributed by atoms with Crippen molar-refractivity contribution in [2.24, 2.45) is 11.7 Å². The molecule has 0 saturated heterocycles. The normalized spacial score (nSPS) is 13.8. The van der Waals surface area contributed by atoms with Crippen molar-refractivity contribution in [1.29, 1.82) is 0 Å². The van der Waals surface area contributed by atoms with E-state index in [2.05, 4.69) is 10.6 Å². The van der Waals surface area contributed by atoms with E-state index in [1.54, 1.807) is 0 Å². The Morgan fingerprint density at radius 2 is 1.70 bits per heavy atom. The number of halogens is 1. The Morgan fingerprint density at radius 3 is 2.22 bits per heavy atom. The second kappa shape index (κ2) is 12.3. The molecule has 1 aromatic rings. The molecular formula is C18H28ClN3O5. The van der Waals surface area contributed by atoms with Crippen LogP contribution in [0.2, 0.25) is 0 Å². The highest BCUT2D eigenvalue weighted by molar-refractivity contribution is 5.90. The summed E-state index contributed by atoms with van der Waals surface area (Å²) in [4.78, 5) is 35.0. The number of rotatable bonds is 10. The van der Waals surface area contributed by atoms with Crippen molar-refractivity contribution in [3.63, 3.8) is 0 Å². The highest BCUT2D eigenvalue weighted by atomic mass is 35.5. The van der Waals surface area contributed by atoms with Crippen LogP contribution in [0.1, 0.15) is 25.8 Å². The zero-order chi connectivity index (χ0) is 19.7. The average molecular weight is 402 g/mol. The van der Waals surface area contributed by atoms with Gasteiger partial charge in [0.15, 0.2) is 0 Å². The number of aliphatic hydroxyl groups is 1. The molecule has 0 aliphatic carbocycles. The molecule has 2 amide bonds. The van der Waals surface area contributed by atoms with Gasteiger partial charge in [0.05, 0.1) is 0 Å². The van der Waals surface area contributed by atoms with Gasteiger partial charge < -0.3 is 26.6 Å². The SMILES string of the molecule is CC(C)C[C@H](NC(=O)[C@@H](O)[C@H](N)Cc1ccccc1)C(=O)NCC(=O)O.Cl. The third-order valence-corrected chi connectivity index (χ3v) is 3.74. The summed E-state index contributed by atoms with van der Waals surface area (Å²) in [6.07, 6.45) is -0.884. The average Bonchev–Trinajstić information content (AvgIpc) is 2.58. The third kappa shape index (κ3) is 9.37. The molecule has 3 atom stereocenters. The lowest BCUT2D eigenvalue weighted by atomic mass is 10.00. The van der Waals surface area contributed by atoms with E-state index >= 15 is 0 Å². The van der Waals surface area contributed by atoms with Crippen molar-refractivity contribution >= 4 is 30.2 Å². The molecule has 0 unspecified atom stereocenters. The predicted molar refractivity (Wildman–Crippen MR) is 103 cm³/mol. The molecule has 6 N–H and O–H groups in total. The molecule has 0 aliphatic heterocycles. The molecule has 1 rings (SSSR count). The molecule has 0 bridgehead atoms. The first-order chi connectivity index (χ1) is 12.2. The van der Waals surface area contributed by atoms with Crippen LogP contribution in [-0.4, -0.2) is 52.7 Å². The maximum absolute atomic E-state index is 12.3. The molecule has 0 saturated carbocycles. The van der Waals surface area contributed by atoms with Crippen LogP contribution in [0.4, 0.5) is 0 Å². The van der Waals surface area contributed by atoms with E-state index < -0.39 is 42.5 Å². The molecule has 9 heteroatoms. The Morgan fingerprint density at radius 1 is 1.11 bits per heavy atom. The Balaban J connectivity index is 0.00000676. The van der Waals surface area contributed by atoms with Crippen LogP contribution in [-0.2, 0) is 20.8 Å². The Kier molecular flexibility index (Phi) is 11.3. The highest BCUT2D eigenvalue weighted by Gasteiger charge is 2.28. The summed E-state index contributed by atoms with van der Waals surface area (Å²) in [7, 11) is 0. The third-order valence-electron chi connectivity index (χ3n) is 3.74. The summed E-state index contributed by atoms with van der Waals surface area (Å²) in [5.41, 5.74) is 6.79. The van der Waals surface area contributed by atoms with Gasteiger partial charge in [-0.05, 0) is 24.3 Å². The zero-order valence-electron chi connectivity index (χ0n) is 15.4. The molecule has 1 aromatic carbocycles. The number of aliphatic carboxylic acids is 1. The largest absolute Gasteiger partial charge is 0.480 e. The number of nitrogens with two attached hydrogens (primary N) is 1. The number of hydrogen-bond donors (Lipinski definition) is 5. The van der Waals surface area contributed by atoms with Crippen LogP contribution in [0.5, 0.6) is 0 Å². The predicted octanol–water partition coefficient (Wildman–Crippen LogP) is 0.0708. The van der Waals surface area contributed by atoms with Crippen molar-refractivity contribution in [2.45, 2.75) is 44.9 Å². The van der Waals surface area contributed by atoms with Crippen LogP contribution in [0.25, 0.3) is 0 Å². The minimum Gasteiger partial charge on any atom is -0.480 e. The number of carboxylic acid groups (broad SMARTS) is 1. The van der Waals surface area contributed by atoms with E-state index in [0.29, 0.717) is 12.8 Å². The fourth-order valence-corrected chi connectivity index (χ4v) is 2.44. The first kappa shape index (κ1) is 24.8. The van der Waals surface area contributed by atoms with Crippen molar-refractivity contribution in [3.05, 3.63) is 35.9 Å². The number of carbonyl (C=O) groups is 3. The summed E-state index contributed by atoms with van der Waals surface area (Å²) in [6, 6.07) is 7.42. The first-order valence-electron chi connectivity index (χ1n) is 8.48. The highest BCUT2D eigenvalue weighted by Crippen LogP contribution is 2.08. The minimum atomic E-state index is -1.49. The molecule has 0 spiro atoms. The minimum absolute atomic E-state index is 0. The van der Waals surface area contributed by atoms with Crippen molar-refractivity contribution in [1.82, 2.24) is 10.6 Å². The number of carbonyl (C=O) groups excluding carboxylic acids is 2. The summed E-state index contributed by atoms with van der Waals surface area (Å²) in [5, 5.41) is 23.5. The van der Waals surface area contributed by atoms with Crippen molar-refractivity contribution in [3.8, 4) is 0 Å². The molecule has 0 heterocycles. The quantitative estimate of drug-likeness (QED) is 0.375. The van der Waals surface area contributed by atoms with Gasteiger partial charge in [-0.2, -0.15) is 0 Å². The topological polar surface area (TPSA) is 142 Å². The lowest BCUT2D eigenvalue weighted by Gasteiger charge is -2.23. The molecule has 152 valence electrons. The Labute approximate surface area is 164 Å². The van der Waals surface area contributed by atoms with Crippen LogP contribution in [0, 0.1) is 5.92 Å². The van der Waals surface area contributed by atoms with E-state index in [-0.39, 0.29) is 18.3 Å². The fourth-order valence-electron chi connectivity index (χ4n) is 2.44. The van der Waals surface area contributed by atoms with Crippen molar-refractivity contribution < 1.29 is 24.6 Å². The standard InChI is InChI=1S/C18H27N3O5.ClH/c1-11(2)8-14(17(25)20-10-15(22)23)21-18(26)16(24)13(19)9-12-6-4-3-5-7-12;/h3-7,11,13-14,16,24H,8-10,19H2,1-2H3,(H,20,25)(H,21,26)(H,22,23);1H/t13-,14+,16+;/m1./s1. The number of nitrogens with one attached hydrogen (secondary N) is 2. The molecule has 0 aromatic heterocycles. The van der Waals surface area contributed by atoms with Gasteiger partial charge in [-0.1, -0.05) is 44.2 Å². The smallest absolute Gasteiger partial charge is 0.322 e. The van der Waals surface area contributed by atoms with Gasteiger partial charge in [-0.25, -0.2) is 0 Å². The first-order valence-corrected chi connectivity index (χ1v) is 8.48. The van der Waals surface area contributed by atoms with Crippen LogP contribution in [0.3, 0.4) is 0 Å². The number of amides is 2. The van der Waals surface area contributed by atoms with Gasteiger partial charge in [0.2, 0.25) is 5.91 Å². The molecular weight excluding hydrogens is 374 g/mol. The maximum atomic E-state index is 12.3. The van der Waals surface area contributed by atoms with Crippen molar-refractivity contribution in [2.75, 3.05) is 6.54 Å². The molecule has 8 nitrogen and oxygen atoms in total. The van der Waals surface area contributed by atoms with Crippen LogP contribution < -0.4 is 16.4 Å². The summed E-state index contributed by atoms with van der Waals surface area (Å²) < 4.78 is 0. The molecule has 27 heavy (non-hydrogen) atoms. The number of aliphatic hydroxyl groups excluding tert-OH is 1. The monoisotopic (exact) mass is 401 g/mol. The van der Waals surface area contributed by atoms with E-state index in [1.165, 1.54) is 0 Å². The second-order valence-electron chi connectivity index (χ2n) is 6.60. The molecule has 0 aliphatic rings.